The molecular formula is C17H26N2O3. The molecule has 0 aromatic heterocycles. The number of rotatable bonds is 8. The molecule has 1 amide bonds. The minimum Gasteiger partial charge on any atom is -0.385 e. The number of ether oxygens (including phenoxy) is 2. The van der Waals surface area contributed by atoms with Crippen LogP contribution in [-0.4, -0.2) is 57.9 Å². The van der Waals surface area contributed by atoms with Gasteiger partial charge in [0.15, 0.2) is 0 Å². The van der Waals surface area contributed by atoms with Crippen LogP contribution in [0.5, 0.6) is 0 Å². The van der Waals surface area contributed by atoms with E-state index in [-0.39, 0.29) is 5.91 Å². The summed E-state index contributed by atoms with van der Waals surface area (Å²) >= 11 is 0. The van der Waals surface area contributed by atoms with E-state index >= 15 is 0 Å². The van der Waals surface area contributed by atoms with Crippen molar-refractivity contribution in [3.8, 4) is 0 Å². The summed E-state index contributed by atoms with van der Waals surface area (Å²) in [5, 5.41) is 3.38. The molecule has 2 rings (SSSR count). The van der Waals surface area contributed by atoms with Gasteiger partial charge in [0.2, 0.25) is 0 Å². The molecule has 0 bridgehead atoms. The van der Waals surface area contributed by atoms with Crippen molar-refractivity contribution >= 4 is 11.6 Å². The Labute approximate surface area is 132 Å². The van der Waals surface area contributed by atoms with Crippen LogP contribution in [0.25, 0.3) is 0 Å². The maximum atomic E-state index is 12.9. The lowest BCUT2D eigenvalue weighted by Crippen LogP contribution is -2.36. The van der Waals surface area contributed by atoms with E-state index in [1.165, 1.54) is 0 Å². The number of methoxy groups -OCH3 is 2. The third-order valence-electron chi connectivity index (χ3n) is 3.95. The highest BCUT2D eigenvalue weighted by atomic mass is 16.5. The molecule has 0 atom stereocenters. The summed E-state index contributed by atoms with van der Waals surface area (Å²) in [6.45, 7) is 3.48. The van der Waals surface area contributed by atoms with Crippen molar-refractivity contribution < 1.29 is 14.3 Å². The Morgan fingerprint density at radius 2 is 2.05 bits per heavy atom. The number of fused-ring (bicyclic) bond motifs is 1. The number of hydrogen-bond acceptors (Lipinski definition) is 4. The minimum atomic E-state index is 0.0914. The third kappa shape index (κ3) is 4.21. The maximum absolute atomic E-state index is 12.9. The van der Waals surface area contributed by atoms with Crippen LogP contribution in [0.4, 0.5) is 5.69 Å². The van der Waals surface area contributed by atoms with Gasteiger partial charge < -0.3 is 19.7 Å². The molecule has 0 saturated carbocycles. The molecule has 5 nitrogen and oxygen atoms in total. The first-order chi connectivity index (χ1) is 10.8. The van der Waals surface area contributed by atoms with Gasteiger partial charge in [-0.1, -0.05) is 6.07 Å². The van der Waals surface area contributed by atoms with Crippen molar-refractivity contribution in [2.45, 2.75) is 19.3 Å². The number of hydrogen-bond donors (Lipinski definition) is 1. The van der Waals surface area contributed by atoms with Gasteiger partial charge in [0.25, 0.3) is 5.91 Å². The molecule has 1 aliphatic heterocycles. The number of benzene rings is 1. The largest absolute Gasteiger partial charge is 0.385 e. The highest BCUT2D eigenvalue weighted by molar-refractivity contribution is 5.97. The van der Waals surface area contributed by atoms with Crippen LogP contribution < -0.4 is 5.32 Å². The van der Waals surface area contributed by atoms with Crippen molar-refractivity contribution in [2.75, 3.05) is 52.4 Å². The van der Waals surface area contributed by atoms with Crippen molar-refractivity contribution in [3.05, 3.63) is 29.3 Å². The molecule has 22 heavy (non-hydrogen) atoms. The molecule has 1 heterocycles. The Hall–Kier alpha value is -1.59. The first-order valence-corrected chi connectivity index (χ1v) is 7.91. The first-order valence-electron chi connectivity index (χ1n) is 7.91. The SMILES string of the molecule is COCCCN(CCOC)C(=O)c1cccc2c1CCCN2. The Morgan fingerprint density at radius 3 is 2.82 bits per heavy atom. The van der Waals surface area contributed by atoms with Gasteiger partial charge in [-0.25, -0.2) is 0 Å². The fourth-order valence-corrected chi connectivity index (χ4v) is 2.80. The van der Waals surface area contributed by atoms with Gasteiger partial charge in [-0.05, 0) is 37.0 Å². The highest BCUT2D eigenvalue weighted by Crippen LogP contribution is 2.26. The van der Waals surface area contributed by atoms with E-state index in [0.717, 1.165) is 42.6 Å². The molecule has 0 unspecified atom stereocenters. The standard InChI is InChI=1S/C17H26N2O3/c1-21-12-5-10-19(11-13-22-2)17(20)15-6-3-8-16-14(15)7-4-9-18-16/h3,6,8,18H,4-5,7,9-13H2,1-2H3. The molecule has 0 radical (unpaired) electrons. The number of anilines is 1. The summed E-state index contributed by atoms with van der Waals surface area (Å²) in [6, 6.07) is 5.94. The molecule has 0 spiro atoms. The van der Waals surface area contributed by atoms with Crippen LogP contribution in [0.3, 0.4) is 0 Å². The van der Waals surface area contributed by atoms with Gasteiger partial charge in [-0.3, -0.25) is 4.79 Å². The van der Waals surface area contributed by atoms with E-state index in [0.29, 0.717) is 26.3 Å². The number of carbonyl (C=O) groups is 1. The van der Waals surface area contributed by atoms with E-state index in [1.54, 1.807) is 14.2 Å². The summed E-state index contributed by atoms with van der Waals surface area (Å²) in [4.78, 5) is 14.8. The van der Waals surface area contributed by atoms with E-state index < -0.39 is 0 Å². The normalized spacial score (nSPS) is 13.4. The molecule has 1 N–H and O–H groups in total. The fourth-order valence-electron chi connectivity index (χ4n) is 2.80. The number of amides is 1. The Morgan fingerprint density at radius 1 is 1.23 bits per heavy atom. The third-order valence-corrected chi connectivity index (χ3v) is 3.95. The highest BCUT2D eigenvalue weighted by Gasteiger charge is 2.21. The second-order valence-corrected chi connectivity index (χ2v) is 5.49. The van der Waals surface area contributed by atoms with Gasteiger partial charge in [0.1, 0.15) is 0 Å². The van der Waals surface area contributed by atoms with Gasteiger partial charge in [0, 0.05) is 51.7 Å². The Balaban J connectivity index is 2.14. The summed E-state index contributed by atoms with van der Waals surface area (Å²) in [5.41, 5.74) is 3.06. The summed E-state index contributed by atoms with van der Waals surface area (Å²) in [7, 11) is 3.34. The fraction of sp³-hybridized carbons (Fsp3) is 0.588. The predicted octanol–water partition coefficient (Wildman–Crippen LogP) is 2.17. The molecule has 5 heteroatoms. The van der Waals surface area contributed by atoms with Gasteiger partial charge in [-0.2, -0.15) is 0 Å². The predicted molar refractivity (Wildman–Crippen MR) is 87.5 cm³/mol. The smallest absolute Gasteiger partial charge is 0.254 e. The minimum absolute atomic E-state index is 0.0914. The van der Waals surface area contributed by atoms with Gasteiger partial charge in [0.05, 0.1) is 6.61 Å². The molecule has 0 aliphatic carbocycles. The van der Waals surface area contributed by atoms with Crippen molar-refractivity contribution in [1.82, 2.24) is 4.90 Å². The number of nitrogens with zero attached hydrogens (tertiary/aromatic N) is 1. The van der Waals surface area contributed by atoms with Crippen molar-refractivity contribution in [3.63, 3.8) is 0 Å². The summed E-state index contributed by atoms with van der Waals surface area (Å²) in [5.74, 6) is 0.0914. The van der Waals surface area contributed by atoms with Gasteiger partial charge >= 0.3 is 0 Å². The summed E-state index contributed by atoms with van der Waals surface area (Å²) in [6.07, 6.45) is 2.86. The number of nitrogens with one attached hydrogen (secondary N) is 1. The molecule has 0 fully saturated rings. The average molecular weight is 306 g/mol. The molecule has 1 aromatic carbocycles. The van der Waals surface area contributed by atoms with E-state index in [1.807, 2.05) is 17.0 Å². The van der Waals surface area contributed by atoms with Crippen LogP contribution >= 0.6 is 0 Å². The zero-order valence-corrected chi connectivity index (χ0v) is 13.6. The van der Waals surface area contributed by atoms with Crippen LogP contribution in [0.15, 0.2) is 18.2 Å². The lowest BCUT2D eigenvalue weighted by Gasteiger charge is -2.26. The van der Waals surface area contributed by atoms with E-state index in [9.17, 15) is 4.79 Å². The Bertz CT molecular complexity index is 491. The van der Waals surface area contributed by atoms with Gasteiger partial charge in [-0.15, -0.1) is 0 Å². The molecule has 1 aromatic rings. The topological polar surface area (TPSA) is 50.8 Å². The molecular weight excluding hydrogens is 280 g/mol. The Kier molecular flexibility index (Phi) is 6.68. The number of carbonyl (C=O) groups excluding carboxylic acids is 1. The quantitative estimate of drug-likeness (QED) is 0.748. The molecule has 0 saturated heterocycles. The lowest BCUT2D eigenvalue weighted by molar-refractivity contribution is 0.0673. The van der Waals surface area contributed by atoms with Crippen LogP contribution in [0.2, 0.25) is 0 Å². The zero-order chi connectivity index (χ0) is 15.8. The van der Waals surface area contributed by atoms with Crippen LogP contribution in [-0.2, 0) is 15.9 Å². The molecule has 122 valence electrons. The van der Waals surface area contributed by atoms with E-state index in [2.05, 4.69) is 11.4 Å². The average Bonchev–Trinajstić information content (AvgIpc) is 2.57. The zero-order valence-electron chi connectivity index (χ0n) is 13.6. The summed E-state index contributed by atoms with van der Waals surface area (Å²) < 4.78 is 10.2. The second kappa shape index (κ2) is 8.76. The van der Waals surface area contributed by atoms with E-state index in [4.69, 9.17) is 9.47 Å². The van der Waals surface area contributed by atoms with Crippen molar-refractivity contribution in [1.29, 1.82) is 0 Å². The second-order valence-electron chi connectivity index (χ2n) is 5.49. The molecule has 1 aliphatic rings. The monoisotopic (exact) mass is 306 g/mol. The van der Waals surface area contributed by atoms with Crippen LogP contribution in [0, 0.1) is 0 Å². The maximum Gasteiger partial charge on any atom is 0.254 e. The first kappa shape index (κ1) is 16.8. The van der Waals surface area contributed by atoms with Crippen molar-refractivity contribution in [2.24, 2.45) is 0 Å². The lowest BCUT2D eigenvalue weighted by atomic mass is 9.96. The van der Waals surface area contributed by atoms with Crippen LogP contribution in [0.1, 0.15) is 28.8 Å².